The fourth-order valence-electron chi connectivity index (χ4n) is 5.11. The van der Waals surface area contributed by atoms with Crippen LogP contribution in [0.3, 0.4) is 0 Å². The first kappa shape index (κ1) is 28.1. The van der Waals surface area contributed by atoms with E-state index < -0.39 is 27.1 Å². The van der Waals surface area contributed by atoms with Crippen molar-refractivity contribution in [3.8, 4) is 0 Å². The number of ether oxygens (including phenoxy) is 1. The molecule has 9 nitrogen and oxygen atoms in total. The number of sulfone groups is 1. The highest BCUT2D eigenvalue weighted by Crippen LogP contribution is 2.43. The van der Waals surface area contributed by atoms with E-state index >= 15 is 0 Å². The van der Waals surface area contributed by atoms with Gasteiger partial charge in [0, 0.05) is 62.5 Å². The highest BCUT2D eigenvalue weighted by atomic mass is 32.2. The maximum absolute atomic E-state index is 14.0. The molecule has 2 aliphatic heterocycles. The summed E-state index contributed by atoms with van der Waals surface area (Å²) < 4.78 is 58.1. The maximum Gasteiger partial charge on any atom is 0.250 e. The van der Waals surface area contributed by atoms with Gasteiger partial charge in [-0.1, -0.05) is 11.2 Å². The summed E-state index contributed by atoms with van der Waals surface area (Å²) in [6, 6.07) is 8.63. The summed E-state index contributed by atoms with van der Waals surface area (Å²) in [5.41, 5.74) is 3.32. The Morgan fingerprint density at radius 3 is 2.60 bits per heavy atom. The SMILES string of the molecule is Cn1cc2c(cc1=O)C1(CCN(Cc3ccc(/C(=N\OCCS(C)(=O)=O)c4ccc(F)c(F)c4)nc3)CC1)OC2. The van der Waals surface area contributed by atoms with E-state index in [1.807, 2.05) is 12.3 Å². The monoisotopic (exact) mass is 572 g/mol. The number of halogens is 2. The highest BCUT2D eigenvalue weighted by Gasteiger charge is 2.43. The third kappa shape index (κ3) is 6.13. The molecule has 1 saturated heterocycles. The Balaban J connectivity index is 1.27. The van der Waals surface area contributed by atoms with Gasteiger partial charge in [0.2, 0.25) is 0 Å². The zero-order valence-corrected chi connectivity index (χ0v) is 23.1. The van der Waals surface area contributed by atoms with Crippen molar-refractivity contribution in [3.63, 3.8) is 0 Å². The third-order valence-electron chi connectivity index (χ3n) is 7.34. The van der Waals surface area contributed by atoms with Crippen LogP contribution in [-0.4, -0.2) is 60.3 Å². The lowest BCUT2D eigenvalue weighted by Crippen LogP contribution is -2.42. The van der Waals surface area contributed by atoms with Gasteiger partial charge in [0.15, 0.2) is 21.5 Å². The molecule has 5 rings (SSSR count). The van der Waals surface area contributed by atoms with Gasteiger partial charge >= 0.3 is 0 Å². The van der Waals surface area contributed by atoms with E-state index in [-0.39, 0.29) is 29.2 Å². The van der Waals surface area contributed by atoms with Gasteiger partial charge in [-0.25, -0.2) is 17.2 Å². The molecule has 4 heterocycles. The molecule has 40 heavy (non-hydrogen) atoms. The molecule has 0 amide bonds. The number of piperidine rings is 1. The summed E-state index contributed by atoms with van der Waals surface area (Å²) in [7, 11) is -1.51. The van der Waals surface area contributed by atoms with Gasteiger partial charge in [0.25, 0.3) is 5.56 Å². The van der Waals surface area contributed by atoms with Crippen LogP contribution in [0.1, 0.15) is 40.8 Å². The molecular formula is C28H30F2N4O5S. The van der Waals surface area contributed by atoms with Gasteiger partial charge in [0.1, 0.15) is 12.3 Å². The van der Waals surface area contributed by atoms with Crippen molar-refractivity contribution in [3.05, 3.63) is 98.7 Å². The van der Waals surface area contributed by atoms with Crippen molar-refractivity contribution in [1.82, 2.24) is 14.5 Å². The van der Waals surface area contributed by atoms with E-state index in [0.717, 1.165) is 61.0 Å². The predicted octanol–water partition coefficient (Wildman–Crippen LogP) is 2.89. The number of hydrogen-bond donors (Lipinski definition) is 0. The molecule has 0 saturated carbocycles. The molecule has 1 aromatic carbocycles. The third-order valence-corrected chi connectivity index (χ3v) is 8.25. The lowest BCUT2D eigenvalue weighted by molar-refractivity contribution is -0.0799. The fourth-order valence-corrected chi connectivity index (χ4v) is 5.49. The van der Waals surface area contributed by atoms with Crippen LogP contribution in [-0.2, 0) is 45.2 Å². The van der Waals surface area contributed by atoms with Crippen LogP contribution in [0.5, 0.6) is 0 Å². The van der Waals surface area contributed by atoms with E-state index in [1.165, 1.54) is 6.07 Å². The molecule has 212 valence electrons. The van der Waals surface area contributed by atoms with Gasteiger partial charge in [-0.15, -0.1) is 0 Å². The minimum absolute atomic E-state index is 0.0377. The standard InChI is InChI=1S/C28H30F2N4O5S/c1-33-17-21-18-38-28(22(21)14-26(33)35)7-9-34(10-8-28)16-19-3-6-25(31-15-19)27(32-39-11-12-40(2,36)37)20-4-5-23(29)24(30)13-20/h3-6,13-15,17H,7-12,16,18H2,1-2H3/b32-27-. The second-order valence-corrected chi connectivity index (χ2v) is 12.6. The van der Waals surface area contributed by atoms with Crippen LogP contribution in [0.15, 0.2) is 58.7 Å². The molecule has 1 fully saturated rings. The highest BCUT2D eigenvalue weighted by molar-refractivity contribution is 7.90. The number of fused-ring (bicyclic) bond motifs is 2. The summed E-state index contributed by atoms with van der Waals surface area (Å²) >= 11 is 0. The number of benzene rings is 1. The van der Waals surface area contributed by atoms with Gasteiger partial charge < -0.3 is 14.1 Å². The number of oxime groups is 1. The Hall–Kier alpha value is -3.48. The zero-order chi connectivity index (χ0) is 28.5. The molecule has 12 heteroatoms. The molecule has 0 radical (unpaired) electrons. The Labute approximate surface area is 231 Å². The largest absolute Gasteiger partial charge is 0.394 e. The molecule has 1 spiro atoms. The molecule has 0 atom stereocenters. The second kappa shape index (κ2) is 11.2. The summed E-state index contributed by atoms with van der Waals surface area (Å²) in [6.45, 7) is 2.53. The lowest BCUT2D eigenvalue weighted by Gasteiger charge is -2.39. The molecule has 0 unspecified atom stereocenters. The van der Waals surface area contributed by atoms with Crippen LogP contribution < -0.4 is 5.56 Å². The van der Waals surface area contributed by atoms with Gasteiger partial charge in [-0.3, -0.25) is 14.7 Å². The maximum atomic E-state index is 14.0. The fraction of sp³-hybridized carbons (Fsp3) is 0.393. The van der Waals surface area contributed by atoms with Crippen LogP contribution in [0.2, 0.25) is 0 Å². The Morgan fingerprint density at radius 1 is 1.15 bits per heavy atom. The summed E-state index contributed by atoms with van der Waals surface area (Å²) in [6.07, 6.45) is 6.19. The minimum atomic E-state index is -3.26. The van der Waals surface area contributed by atoms with Crippen LogP contribution in [0.4, 0.5) is 8.78 Å². The number of aromatic nitrogens is 2. The van der Waals surface area contributed by atoms with E-state index in [9.17, 15) is 22.0 Å². The number of nitrogens with zero attached hydrogens (tertiary/aromatic N) is 4. The van der Waals surface area contributed by atoms with Crippen molar-refractivity contribution in [2.75, 3.05) is 31.7 Å². The molecule has 0 aliphatic carbocycles. The number of rotatable bonds is 8. The first-order valence-corrected chi connectivity index (χ1v) is 14.9. The smallest absolute Gasteiger partial charge is 0.250 e. The molecule has 2 aromatic heterocycles. The first-order valence-electron chi connectivity index (χ1n) is 12.9. The van der Waals surface area contributed by atoms with E-state index in [2.05, 4.69) is 15.0 Å². The molecular weight excluding hydrogens is 542 g/mol. The minimum Gasteiger partial charge on any atom is -0.394 e. The lowest BCUT2D eigenvalue weighted by atomic mass is 9.84. The molecule has 2 aliphatic rings. The van der Waals surface area contributed by atoms with Crippen molar-refractivity contribution in [1.29, 1.82) is 0 Å². The average Bonchev–Trinajstić information content (AvgIpc) is 3.24. The number of likely N-dealkylation sites (tertiary alicyclic amines) is 1. The Kier molecular flexibility index (Phi) is 7.85. The van der Waals surface area contributed by atoms with E-state index in [4.69, 9.17) is 9.57 Å². The zero-order valence-electron chi connectivity index (χ0n) is 22.3. The normalized spacial score (nSPS) is 17.2. The number of hydrogen-bond acceptors (Lipinski definition) is 8. The van der Waals surface area contributed by atoms with Crippen LogP contribution >= 0.6 is 0 Å². The quantitative estimate of drug-likeness (QED) is 0.232. The van der Waals surface area contributed by atoms with Gasteiger partial charge in [-0.05, 0) is 48.2 Å². The predicted molar refractivity (Wildman–Crippen MR) is 145 cm³/mol. The summed E-state index contributed by atoms with van der Waals surface area (Å²) in [4.78, 5) is 24.2. The number of aryl methyl sites for hydroxylation is 1. The molecule has 0 N–H and O–H groups in total. The van der Waals surface area contributed by atoms with Crippen LogP contribution in [0.25, 0.3) is 0 Å². The van der Waals surface area contributed by atoms with Crippen LogP contribution in [0, 0.1) is 11.6 Å². The summed E-state index contributed by atoms with van der Waals surface area (Å²) in [5, 5.41) is 4.01. The Bertz CT molecular complexity index is 1600. The topological polar surface area (TPSA) is 103 Å². The van der Waals surface area contributed by atoms with Gasteiger partial charge in [-0.2, -0.15) is 0 Å². The van der Waals surface area contributed by atoms with Crippen molar-refractivity contribution in [2.45, 2.75) is 31.6 Å². The summed E-state index contributed by atoms with van der Waals surface area (Å²) in [5.74, 6) is -2.28. The average molecular weight is 573 g/mol. The van der Waals surface area contributed by atoms with Gasteiger partial charge in [0.05, 0.1) is 23.7 Å². The Morgan fingerprint density at radius 2 is 1.93 bits per heavy atom. The van der Waals surface area contributed by atoms with Crippen molar-refractivity contribution >= 4 is 15.5 Å². The van der Waals surface area contributed by atoms with E-state index in [0.29, 0.717) is 18.8 Å². The van der Waals surface area contributed by atoms with Crippen molar-refractivity contribution < 1.29 is 26.8 Å². The molecule has 3 aromatic rings. The second-order valence-electron chi connectivity index (χ2n) is 10.3. The van der Waals surface area contributed by atoms with Crippen molar-refractivity contribution in [2.24, 2.45) is 12.2 Å². The van der Waals surface area contributed by atoms with E-state index in [1.54, 1.807) is 29.9 Å². The first-order chi connectivity index (χ1) is 19.0. The molecule has 0 bridgehead atoms. The number of pyridine rings is 2.